The number of ether oxygens (including phenoxy) is 2. The Balaban J connectivity index is 2.14. The number of hydrogen-bond acceptors (Lipinski definition) is 5. The zero-order chi connectivity index (χ0) is 14.8. The second-order valence-corrected chi connectivity index (χ2v) is 4.91. The topological polar surface area (TPSA) is 59.1 Å². The van der Waals surface area contributed by atoms with Gasteiger partial charge in [0.15, 0.2) is 0 Å². The van der Waals surface area contributed by atoms with Gasteiger partial charge < -0.3 is 14.4 Å². The normalized spacial score (nSPS) is 16.2. The highest BCUT2D eigenvalue weighted by Gasteiger charge is 2.21. The molecule has 0 aromatic rings. The number of carbonyl (C=O) groups is 2. The molecule has 0 aliphatic carbocycles. The highest BCUT2D eigenvalue weighted by atomic mass is 16.5. The molecule has 20 heavy (non-hydrogen) atoms. The van der Waals surface area contributed by atoms with Crippen LogP contribution in [0.4, 0.5) is 0 Å². The summed E-state index contributed by atoms with van der Waals surface area (Å²) in [5, 5.41) is 0. The third kappa shape index (κ3) is 6.34. The van der Waals surface area contributed by atoms with E-state index < -0.39 is 0 Å². The van der Waals surface area contributed by atoms with E-state index >= 15 is 0 Å². The summed E-state index contributed by atoms with van der Waals surface area (Å²) in [5.41, 5.74) is 0. The summed E-state index contributed by atoms with van der Waals surface area (Å²) in [4.78, 5) is 27.1. The lowest BCUT2D eigenvalue weighted by Crippen LogP contribution is -2.49. The Labute approximate surface area is 121 Å². The van der Waals surface area contributed by atoms with Gasteiger partial charge in [0, 0.05) is 39.3 Å². The van der Waals surface area contributed by atoms with Crippen molar-refractivity contribution < 1.29 is 19.1 Å². The predicted octanol–water partition coefficient (Wildman–Crippen LogP) is 0.510. The van der Waals surface area contributed by atoms with Crippen LogP contribution in [0.25, 0.3) is 0 Å². The summed E-state index contributed by atoms with van der Waals surface area (Å²) in [6.45, 7) is 7.08. The van der Waals surface area contributed by atoms with Crippen LogP contribution in [0, 0.1) is 0 Å². The maximum atomic E-state index is 11.9. The highest BCUT2D eigenvalue weighted by Crippen LogP contribution is 2.05. The van der Waals surface area contributed by atoms with Crippen LogP contribution in [0.15, 0.2) is 0 Å². The molecule has 1 aliphatic heterocycles. The quantitative estimate of drug-likeness (QED) is 0.481. The molecule has 0 bridgehead atoms. The molecule has 0 aromatic carbocycles. The van der Waals surface area contributed by atoms with Gasteiger partial charge in [-0.25, -0.2) is 0 Å². The second-order valence-electron chi connectivity index (χ2n) is 4.91. The Bertz CT molecular complexity index is 302. The van der Waals surface area contributed by atoms with Gasteiger partial charge in [-0.15, -0.1) is 0 Å². The Hall–Kier alpha value is -1.14. The first-order chi connectivity index (χ1) is 9.67. The molecule has 6 heteroatoms. The summed E-state index contributed by atoms with van der Waals surface area (Å²) in [7, 11) is 1.40. The molecular weight excluding hydrogens is 260 g/mol. The highest BCUT2D eigenvalue weighted by molar-refractivity contribution is 5.76. The molecule has 6 nitrogen and oxygen atoms in total. The summed E-state index contributed by atoms with van der Waals surface area (Å²) >= 11 is 0. The van der Waals surface area contributed by atoms with Gasteiger partial charge in [0.05, 0.1) is 26.6 Å². The van der Waals surface area contributed by atoms with Crippen molar-refractivity contribution >= 4 is 11.9 Å². The minimum atomic E-state index is -0.184. The van der Waals surface area contributed by atoms with Gasteiger partial charge in [0.2, 0.25) is 5.91 Å². The molecule has 0 unspecified atom stereocenters. The first-order valence-corrected chi connectivity index (χ1v) is 7.32. The van der Waals surface area contributed by atoms with Crippen LogP contribution in [-0.4, -0.2) is 74.7 Å². The number of carbonyl (C=O) groups excluding carboxylic acids is 2. The zero-order valence-electron chi connectivity index (χ0n) is 12.6. The van der Waals surface area contributed by atoms with E-state index in [1.54, 1.807) is 0 Å². The van der Waals surface area contributed by atoms with Crippen molar-refractivity contribution in [3.05, 3.63) is 0 Å². The molecule has 116 valence electrons. The van der Waals surface area contributed by atoms with Gasteiger partial charge in [0.1, 0.15) is 0 Å². The molecule has 1 heterocycles. The Morgan fingerprint density at radius 2 is 1.75 bits per heavy atom. The molecule has 0 radical (unpaired) electrons. The lowest BCUT2D eigenvalue weighted by molar-refractivity contribution is -0.141. The van der Waals surface area contributed by atoms with Crippen molar-refractivity contribution in [1.29, 1.82) is 0 Å². The third-order valence-corrected chi connectivity index (χ3v) is 3.39. The van der Waals surface area contributed by atoms with E-state index in [1.165, 1.54) is 7.11 Å². The van der Waals surface area contributed by atoms with Gasteiger partial charge in [-0.3, -0.25) is 14.5 Å². The third-order valence-electron chi connectivity index (χ3n) is 3.39. The number of nitrogens with zero attached hydrogens (tertiary/aromatic N) is 2. The van der Waals surface area contributed by atoms with E-state index in [1.807, 2.05) is 4.90 Å². The molecule has 1 rings (SSSR count). The molecule has 0 atom stereocenters. The van der Waals surface area contributed by atoms with Crippen LogP contribution in [0.2, 0.25) is 0 Å². The SMILES string of the molecule is CCCOCCC(=O)N1CCN(CCC(=O)OC)CC1. The minimum absolute atomic E-state index is 0.161. The van der Waals surface area contributed by atoms with Crippen LogP contribution < -0.4 is 0 Å². The first kappa shape index (κ1) is 16.9. The van der Waals surface area contributed by atoms with Crippen molar-refractivity contribution in [1.82, 2.24) is 9.80 Å². The van der Waals surface area contributed by atoms with E-state index in [-0.39, 0.29) is 11.9 Å². The maximum absolute atomic E-state index is 11.9. The van der Waals surface area contributed by atoms with Crippen LogP contribution in [-0.2, 0) is 19.1 Å². The van der Waals surface area contributed by atoms with Crippen LogP contribution in [0.3, 0.4) is 0 Å². The molecule has 0 N–H and O–H groups in total. The molecule has 1 amide bonds. The summed E-state index contributed by atoms with van der Waals surface area (Å²) in [6.07, 6.45) is 1.85. The van der Waals surface area contributed by atoms with Crippen molar-refractivity contribution in [3.8, 4) is 0 Å². The summed E-state index contributed by atoms with van der Waals surface area (Å²) in [6, 6.07) is 0. The fraction of sp³-hybridized carbons (Fsp3) is 0.857. The smallest absolute Gasteiger partial charge is 0.306 e. The average Bonchev–Trinajstić information content (AvgIpc) is 2.49. The molecule has 0 spiro atoms. The standard InChI is InChI=1S/C14H26N2O4/c1-3-11-20-12-5-13(17)16-9-7-15(8-10-16)6-4-14(18)19-2/h3-12H2,1-2H3. The number of piperazine rings is 1. The Morgan fingerprint density at radius 1 is 1.05 bits per heavy atom. The van der Waals surface area contributed by atoms with Crippen LogP contribution in [0.1, 0.15) is 26.2 Å². The van der Waals surface area contributed by atoms with Gasteiger partial charge in [-0.2, -0.15) is 0 Å². The number of amides is 1. The Morgan fingerprint density at radius 3 is 2.35 bits per heavy atom. The van der Waals surface area contributed by atoms with E-state index in [0.717, 1.165) is 32.6 Å². The van der Waals surface area contributed by atoms with E-state index in [4.69, 9.17) is 4.74 Å². The van der Waals surface area contributed by atoms with E-state index in [2.05, 4.69) is 16.6 Å². The van der Waals surface area contributed by atoms with Crippen molar-refractivity contribution in [2.24, 2.45) is 0 Å². The fourth-order valence-corrected chi connectivity index (χ4v) is 2.14. The molecule has 1 saturated heterocycles. The number of methoxy groups -OCH3 is 1. The lowest BCUT2D eigenvalue weighted by Gasteiger charge is -2.34. The van der Waals surface area contributed by atoms with E-state index in [0.29, 0.717) is 32.6 Å². The molecule has 0 saturated carbocycles. The summed E-state index contributed by atoms with van der Waals surface area (Å²) in [5.74, 6) is -0.0229. The monoisotopic (exact) mass is 286 g/mol. The first-order valence-electron chi connectivity index (χ1n) is 7.32. The van der Waals surface area contributed by atoms with Crippen LogP contribution in [0.5, 0.6) is 0 Å². The second kappa shape index (κ2) is 9.72. The van der Waals surface area contributed by atoms with Gasteiger partial charge in [-0.05, 0) is 6.42 Å². The fourth-order valence-electron chi connectivity index (χ4n) is 2.14. The average molecular weight is 286 g/mol. The zero-order valence-corrected chi connectivity index (χ0v) is 12.6. The van der Waals surface area contributed by atoms with Gasteiger partial charge in [-0.1, -0.05) is 6.92 Å². The maximum Gasteiger partial charge on any atom is 0.306 e. The predicted molar refractivity (Wildman–Crippen MR) is 75.4 cm³/mol. The number of rotatable bonds is 8. The van der Waals surface area contributed by atoms with Crippen molar-refractivity contribution in [2.75, 3.05) is 53.0 Å². The largest absolute Gasteiger partial charge is 0.469 e. The minimum Gasteiger partial charge on any atom is -0.469 e. The van der Waals surface area contributed by atoms with Gasteiger partial charge in [0.25, 0.3) is 0 Å². The lowest BCUT2D eigenvalue weighted by atomic mass is 10.2. The Kier molecular flexibility index (Phi) is 8.22. The van der Waals surface area contributed by atoms with Crippen molar-refractivity contribution in [3.63, 3.8) is 0 Å². The molecule has 0 aromatic heterocycles. The molecular formula is C14H26N2O4. The van der Waals surface area contributed by atoms with E-state index in [9.17, 15) is 9.59 Å². The van der Waals surface area contributed by atoms with Crippen molar-refractivity contribution in [2.45, 2.75) is 26.2 Å². The van der Waals surface area contributed by atoms with Crippen LogP contribution >= 0.6 is 0 Å². The molecule has 1 fully saturated rings. The summed E-state index contributed by atoms with van der Waals surface area (Å²) < 4.78 is 9.95. The number of hydrogen-bond donors (Lipinski definition) is 0. The molecule has 1 aliphatic rings. The van der Waals surface area contributed by atoms with Gasteiger partial charge >= 0.3 is 5.97 Å². The number of esters is 1.